The Labute approximate surface area is 179 Å². The van der Waals surface area contributed by atoms with Crippen LogP contribution in [0.1, 0.15) is 24.9 Å². The Bertz CT molecular complexity index is 809. The summed E-state index contributed by atoms with van der Waals surface area (Å²) in [7, 11) is 5.11. The molecule has 2 rings (SSSR count). The summed E-state index contributed by atoms with van der Waals surface area (Å²) in [5.41, 5.74) is 1.95. The fourth-order valence-electron chi connectivity index (χ4n) is 2.63. The van der Waals surface area contributed by atoms with Gasteiger partial charge in [-0.15, -0.1) is 0 Å². The van der Waals surface area contributed by atoms with Crippen molar-refractivity contribution in [2.75, 3.05) is 46.3 Å². The topological polar surface area (TPSA) is 75.2 Å². The molecule has 0 spiro atoms. The number of nitrogens with zero attached hydrogens (tertiary/aromatic N) is 2. The minimum Gasteiger partial charge on any atom is -0.493 e. The number of amides is 1. The molecular weight excluding hydrogens is 380 g/mol. The maximum atomic E-state index is 12.0. The first kappa shape index (κ1) is 23.2. The maximum Gasteiger partial charge on any atom is 0.243 e. The van der Waals surface area contributed by atoms with Crippen LogP contribution in [0.15, 0.2) is 59.6 Å². The number of methoxy groups -OCH3 is 1. The molecule has 2 aromatic rings. The predicted molar refractivity (Wildman–Crippen MR) is 121 cm³/mol. The summed E-state index contributed by atoms with van der Waals surface area (Å²) in [6.45, 7) is 3.35. The maximum absolute atomic E-state index is 12.0. The Morgan fingerprint density at radius 2 is 1.87 bits per heavy atom. The third kappa shape index (κ3) is 8.13. The zero-order chi connectivity index (χ0) is 21.8. The lowest BCUT2D eigenvalue weighted by molar-refractivity contribution is -0.127. The quantitative estimate of drug-likeness (QED) is 0.356. The van der Waals surface area contributed by atoms with E-state index in [1.807, 2.05) is 42.5 Å². The highest BCUT2D eigenvalue weighted by Crippen LogP contribution is 2.18. The van der Waals surface area contributed by atoms with E-state index in [9.17, 15) is 4.79 Å². The number of carbonyl (C=O) groups excluding carboxylic acids is 1. The van der Waals surface area contributed by atoms with Gasteiger partial charge in [-0.3, -0.25) is 4.79 Å². The first-order valence-corrected chi connectivity index (χ1v) is 10.0. The highest BCUT2D eigenvalue weighted by molar-refractivity contribution is 5.95. The van der Waals surface area contributed by atoms with Crippen LogP contribution in [0.4, 0.5) is 5.69 Å². The zero-order valence-corrected chi connectivity index (χ0v) is 18.2. The number of ether oxygens (including phenoxy) is 2. The zero-order valence-electron chi connectivity index (χ0n) is 18.2. The van der Waals surface area contributed by atoms with Gasteiger partial charge >= 0.3 is 0 Å². The van der Waals surface area contributed by atoms with Crippen molar-refractivity contribution in [2.45, 2.75) is 19.4 Å². The van der Waals surface area contributed by atoms with Crippen molar-refractivity contribution in [3.8, 4) is 5.75 Å². The van der Waals surface area contributed by atoms with E-state index in [0.29, 0.717) is 19.2 Å². The van der Waals surface area contributed by atoms with Crippen molar-refractivity contribution in [3.63, 3.8) is 0 Å². The Morgan fingerprint density at radius 3 is 2.57 bits per heavy atom. The molecule has 0 aliphatic heterocycles. The van der Waals surface area contributed by atoms with E-state index in [2.05, 4.69) is 34.7 Å². The SMILES string of the molecule is COCCCOc1cccc(NC(=NCC(=O)N(C)C)NC(C)c2ccccc2)c1. The number of carbonyl (C=O) groups is 1. The van der Waals surface area contributed by atoms with Crippen molar-refractivity contribution in [3.05, 3.63) is 60.2 Å². The van der Waals surface area contributed by atoms with Gasteiger partial charge in [-0.05, 0) is 24.6 Å². The molecule has 0 saturated heterocycles. The van der Waals surface area contributed by atoms with Gasteiger partial charge in [0.1, 0.15) is 12.3 Å². The van der Waals surface area contributed by atoms with Crippen LogP contribution in [0.5, 0.6) is 5.75 Å². The van der Waals surface area contributed by atoms with E-state index in [1.54, 1.807) is 21.2 Å². The number of guanidine groups is 1. The number of anilines is 1. The Hall–Kier alpha value is -3.06. The summed E-state index contributed by atoms with van der Waals surface area (Å²) in [6, 6.07) is 17.8. The summed E-state index contributed by atoms with van der Waals surface area (Å²) >= 11 is 0. The molecule has 7 nitrogen and oxygen atoms in total. The summed E-state index contributed by atoms with van der Waals surface area (Å²) < 4.78 is 10.8. The second kappa shape index (κ2) is 12.5. The highest BCUT2D eigenvalue weighted by Gasteiger charge is 2.10. The third-order valence-electron chi connectivity index (χ3n) is 4.38. The van der Waals surface area contributed by atoms with Crippen molar-refractivity contribution in [2.24, 2.45) is 4.99 Å². The molecule has 162 valence electrons. The molecule has 1 unspecified atom stereocenters. The second-order valence-corrected chi connectivity index (χ2v) is 7.08. The van der Waals surface area contributed by atoms with Crippen molar-refractivity contribution in [1.82, 2.24) is 10.2 Å². The predicted octanol–water partition coefficient (Wildman–Crippen LogP) is 3.31. The molecule has 0 aliphatic rings. The fourth-order valence-corrected chi connectivity index (χ4v) is 2.63. The number of hydrogen-bond donors (Lipinski definition) is 2. The number of nitrogens with one attached hydrogen (secondary N) is 2. The average Bonchev–Trinajstić information content (AvgIpc) is 2.75. The van der Waals surface area contributed by atoms with E-state index >= 15 is 0 Å². The summed E-state index contributed by atoms with van der Waals surface area (Å²) in [5, 5.41) is 6.65. The van der Waals surface area contributed by atoms with Crippen molar-refractivity contribution < 1.29 is 14.3 Å². The fraction of sp³-hybridized carbons (Fsp3) is 0.391. The number of hydrogen-bond acceptors (Lipinski definition) is 4. The van der Waals surface area contributed by atoms with Gasteiger partial charge in [0, 0.05) is 46.0 Å². The highest BCUT2D eigenvalue weighted by atomic mass is 16.5. The largest absolute Gasteiger partial charge is 0.493 e. The smallest absolute Gasteiger partial charge is 0.243 e. The standard InChI is InChI=1S/C23H32N4O3/c1-18(19-10-6-5-7-11-19)25-23(24-17-22(28)27(2)3)26-20-12-8-13-21(16-20)30-15-9-14-29-4/h5-8,10-13,16,18H,9,14-15,17H2,1-4H3,(H2,24,25,26). The van der Waals surface area contributed by atoms with Gasteiger partial charge in [-0.25, -0.2) is 4.99 Å². The molecule has 0 bridgehead atoms. The molecule has 0 aromatic heterocycles. The number of likely N-dealkylation sites (N-methyl/N-ethyl adjacent to an activating group) is 1. The molecule has 1 atom stereocenters. The monoisotopic (exact) mass is 412 g/mol. The van der Waals surface area contributed by atoms with Crippen LogP contribution in [0.2, 0.25) is 0 Å². The van der Waals surface area contributed by atoms with Gasteiger partial charge in [0.25, 0.3) is 0 Å². The van der Waals surface area contributed by atoms with Crippen molar-refractivity contribution in [1.29, 1.82) is 0 Å². The lowest BCUT2D eigenvalue weighted by atomic mass is 10.1. The Balaban J connectivity index is 2.10. The van der Waals surface area contributed by atoms with E-state index in [1.165, 1.54) is 4.90 Å². The minimum atomic E-state index is -0.0707. The molecule has 1 amide bonds. The number of rotatable bonds is 10. The van der Waals surface area contributed by atoms with Crippen LogP contribution < -0.4 is 15.4 Å². The normalized spacial score (nSPS) is 12.2. The Morgan fingerprint density at radius 1 is 1.10 bits per heavy atom. The van der Waals surface area contributed by atoms with E-state index < -0.39 is 0 Å². The second-order valence-electron chi connectivity index (χ2n) is 7.08. The molecule has 2 aromatic carbocycles. The molecule has 0 radical (unpaired) electrons. The van der Waals surface area contributed by atoms with E-state index in [4.69, 9.17) is 9.47 Å². The van der Waals surface area contributed by atoms with E-state index in [-0.39, 0.29) is 18.5 Å². The van der Waals surface area contributed by atoms with Gasteiger partial charge in [-0.1, -0.05) is 36.4 Å². The number of benzene rings is 2. The molecule has 30 heavy (non-hydrogen) atoms. The van der Waals surface area contributed by atoms with Crippen LogP contribution in [0.3, 0.4) is 0 Å². The van der Waals surface area contributed by atoms with Crippen LogP contribution in [0.25, 0.3) is 0 Å². The molecule has 0 saturated carbocycles. The molecular formula is C23H32N4O3. The van der Waals surface area contributed by atoms with Gasteiger partial charge in [0.2, 0.25) is 5.91 Å². The number of aliphatic imine (C=N–C) groups is 1. The first-order valence-electron chi connectivity index (χ1n) is 10.0. The summed E-state index contributed by atoms with van der Waals surface area (Å²) in [4.78, 5) is 18.0. The van der Waals surface area contributed by atoms with Crippen LogP contribution in [-0.4, -0.2) is 57.7 Å². The Kier molecular flexibility index (Phi) is 9.67. The molecule has 0 aliphatic carbocycles. The average molecular weight is 413 g/mol. The summed E-state index contributed by atoms with van der Waals surface area (Å²) in [5.74, 6) is 1.22. The van der Waals surface area contributed by atoms with Gasteiger partial charge < -0.3 is 25.0 Å². The van der Waals surface area contributed by atoms with Crippen LogP contribution in [-0.2, 0) is 9.53 Å². The third-order valence-corrected chi connectivity index (χ3v) is 4.38. The summed E-state index contributed by atoms with van der Waals surface area (Å²) in [6.07, 6.45) is 0.823. The van der Waals surface area contributed by atoms with Crippen molar-refractivity contribution >= 4 is 17.6 Å². The molecule has 7 heteroatoms. The van der Waals surface area contributed by atoms with Gasteiger partial charge in [0.15, 0.2) is 5.96 Å². The molecule has 0 heterocycles. The lowest BCUT2D eigenvalue weighted by Gasteiger charge is -2.19. The van der Waals surface area contributed by atoms with E-state index in [0.717, 1.165) is 23.4 Å². The lowest BCUT2D eigenvalue weighted by Crippen LogP contribution is -2.34. The van der Waals surface area contributed by atoms with Crippen LogP contribution >= 0.6 is 0 Å². The molecule has 0 fully saturated rings. The molecule has 2 N–H and O–H groups in total. The van der Waals surface area contributed by atoms with Gasteiger partial charge in [-0.2, -0.15) is 0 Å². The van der Waals surface area contributed by atoms with Gasteiger partial charge in [0.05, 0.1) is 12.6 Å². The minimum absolute atomic E-state index is 0.0142. The first-order chi connectivity index (χ1) is 14.5. The van der Waals surface area contributed by atoms with Crippen LogP contribution in [0, 0.1) is 0 Å².